The minimum atomic E-state index is 0.0637. The van der Waals surface area contributed by atoms with Crippen LogP contribution in [0.4, 0.5) is 5.69 Å². The molecular weight excluding hydrogens is 320 g/mol. The van der Waals surface area contributed by atoms with Gasteiger partial charge in [0, 0.05) is 43.0 Å². The number of carbonyl (C=O) groups is 1. The number of hydrogen-bond acceptors (Lipinski definition) is 2. The van der Waals surface area contributed by atoms with Gasteiger partial charge in [0.25, 0.3) is 0 Å². The molecule has 0 saturated carbocycles. The maximum Gasteiger partial charge on any atom is 0.246 e. The van der Waals surface area contributed by atoms with Gasteiger partial charge in [0.1, 0.15) is 0 Å². The second kappa shape index (κ2) is 7.54. The second-order valence-corrected chi connectivity index (χ2v) is 6.47. The Morgan fingerprint density at radius 3 is 2.42 bits per heavy atom. The van der Waals surface area contributed by atoms with Gasteiger partial charge in [-0.15, -0.1) is 0 Å². The van der Waals surface area contributed by atoms with E-state index in [1.165, 1.54) is 11.3 Å². The van der Waals surface area contributed by atoms with Crippen LogP contribution in [-0.4, -0.2) is 37.0 Å². The summed E-state index contributed by atoms with van der Waals surface area (Å²) in [5.41, 5.74) is 3.47. The minimum absolute atomic E-state index is 0.0637. The Kier molecular flexibility index (Phi) is 5.21. The summed E-state index contributed by atoms with van der Waals surface area (Å²) < 4.78 is 0. The topological polar surface area (TPSA) is 23.6 Å². The Hall–Kier alpha value is -2.26. The van der Waals surface area contributed by atoms with Crippen LogP contribution in [0.15, 0.2) is 54.6 Å². The molecule has 1 aliphatic rings. The summed E-state index contributed by atoms with van der Waals surface area (Å²) >= 11 is 5.87. The number of benzene rings is 2. The van der Waals surface area contributed by atoms with Crippen molar-refractivity contribution < 1.29 is 4.79 Å². The second-order valence-electron chi connectivity index (χ2n) is 6.04. The van der Waals surface area contributed by atoms with Crippen molar-refractivity contribution in [3.05, 3.63) is 70.8 Å². The predicted octanol–water partition coefficient (Wildman–Crippen LogP) is 4.01. The highest BCUT2D eigenvalue weighted by molar-refractivity contribution is 6.30. The molecule has 1 heterocycles. The van der Waals surface area contributed by atoms with Gasteiger partial charge in [-0.25, -0.2) is 0 Å². The van der Waals surface area contributed by atoms with Crippen LogP contribution < -0.4 is 4.90 Å². The molecule has 4 heteroatoms. The number of piperazine rings is 1. The average molecular weight is 341 g/mol. The summed E-state index contributed by atoms with van der Waals surface area (Å²) in [7, 11) is 0. The maximum absolute atomic E-state index is 12.3. The van der Waals surface area contributed by atoms with Crippen molar-refractivity contribution in [2.75, 3.05) is 31.1 Å². The molecule has 2 aromatic rings. The van der Waals surface area contributed by atoms with Crippen molar-refractivity contribution in [2.24, 2.45) is 0 Å². The molecule has 1 saturated heterocycles. The summed E-state index contributed by atoms with van der Waals surface area (Å²) in [6.45, 7) is 5.33. The van der Waals surface area contributed by atoms with Gasteiger partial charge in [-0.3, -0.25) is 4.79 Å². The van der Waals surface area contributed by atoms with E-state index in [4.69, 9.17) is 11.6 Å². The number of rotatable bonds is 3. The van der Waals surface area contributed by atoms with Crippen molar-refractivity contribution in [1.29, 1.82) is 0 Å². The fourth-order valence-electron chi connectivity index (χ4n) is 2.86. The Bertz CT molecular complexity index is 732. The predicted molar refractivity (Wildman–Crippen MR) is 100 cm³/mol. The van der Waals surface area contributed by atoms with E-state index in [1.807, 2.05) is 35.2 Å². The highest BCUT2D eigenvalue weighted by atomic mass is 35.5. The lowest BCUT2D eigenvalue weighted by atomic mass is 10.2. The Morgan fingerprint density at radius 1 is 1.04 bits per heavy atom. The molecular formula is C20H21ClN2O. The van der Waals surface area contributed by atoms with Gasteiger partial charge in [0.15, 0.2) is 0 Å². The first-order valence-corrected chi connectivity index (χ1v) is 8.54. The molecule has 2 aromatic carbocycles. The molecule has 124 valence electrons. The number of halogens is 1. The molecule has 0 atom stereocenters. The fourth-order valence-corrected chi connectivity index (χ4v) is 2.98. The van der Waals surface area contributed by atoms with Gasteiger partial charge in [-0.2, -0.15) is 0 Å². The zero-order valence-electron chi connectivity index (χ0n) is 13.8. The summed E-state index contributed by atoms with van der Waals surface area (Å²) in [5, 5.41) is 0.700. The lowest BCUT2D eigenvalue weighted by Gasteiger charge is -2.35. The summed E-state index contributed by atoms with van der Waals surface area (Å²) in [4.78, 5) is 16.6. The monoisotopic (exact) mass is 340 g/mol. The first-order valence-electron chi connectivity index (χ1n) is 8.16. The van der Waals surface area contributed by atoms with Crippen LogP contribution in [-0.2, 0) is 4.79 Å². The molecule has 1 aliphatic heterocycles. The summed E-state index contributed by atoms with van der Waals surface area (Å²) in [6.07, 6.45) is 3.48. The zero-order valence-corrected chi connectivity index (χ0v) is 14.5. The molecule has 3 rings (SSSR count). The molecule has 3 nitrogen and oxygen atoms in total. The van der Waals surface area contributed by atoms with Crippen LogP contribution in [0.5, 0.6) is 0 Å². The molecule has 0 spiro atoms. The third-order valence-electron chi connectivity index (χ3n) is 4.25. The molecule has 24 heavy (non-hydrogen) atoms. The SMILES string of the molecule is Cc1cccc(N2CCN(C(=O)/C=C/c3ccc(Cl)cc3)CC2)c1. The van der Waals surface area contributed by atoms with Gasteiger partial charge in [-0.1, -0.05) is 35.9 Å². The molecule has 0 radical (unpaired) electrons. The largest absolute Gasteiger partial charge is 0.368 e. The van der Waals surface area contributed by atoms with E-state index in [0.717, 1.165) is 31.7 Å². The van der Waals surface area contributed by atoms with Gasteiger partial charge < -0.3 is 9.80 Å². The Labute approximate surface area is 148 Å². The number of hydrogen-bond donors (Lipinski definition) is 0. The van der Waals surface area contributed by atoms with Gasteiger partial charge in [-0.05, 0) is 48.4 Å². The van der Waals surface area contributed by atoms with Crippen LogP contribution in [0.2, 0.25) is 5.02 Å². The summed E-state index contributed by atoms with van der Waals surface area (Å²) in [5.74, 6) is 0.0637. The van der Waals surface area contributed by atoms with Gasteiger partial charge in [0.05, 0.1) is 0 Å². The molecule has 0 N–H and O–H groups in total. The third kappa shape index (κ3) is 4.18. The average Bonchev–Trinajstić information content (AvgIpc) is 2.61. The normalized spacial score (nSPS) is 15.1. The van der Waals surface area contributed by atoms with Gasteiger partial charge in [0.2, 0.25) is 5.91 Å². The van der Waals surface area contributed by atoms with E-state index in [0.29, 0.717) is 5.02 Å². The van der Waals surface area contributed by atoms with Crippen molar-refractivity contribution in [3.63, 3.8) is 0 Å². The van der Waals surface area contributed by atoms with Crippen molar-refractivity contribution in [3.8, 4) is 0 Å². The van der Waals surface area contributed by atoms with E-state index >= 15 is 0 Å². The molecule has 1 fully saturated rings. The zero-order chi connectivity index (χ0) is 16.9. The lowest BCUT2D eigenvalue weighted by Crippen LogP contribution is -2.48. The van der Waals surface area contributed by atoms with E-state index < -0.39 is 0 Å². The van der Waals surface area contributed by atoms with Crippen LogP contribution in [0, 0.1) is 6.92 Å². The molecule has 1 amide bonds. The van der Waals surface area contributed by atoms with E-state index in [1.54, 1.807) is 6.08 Å². The number of aryl methyl sites for hydroxylation is 1. The first kappa shape index (κ1) is 16.6. The highest BCUT2D eigenvalue weighted by Crippen LogP contribution is 2.18. The standard InChI is InChI=1S/C20H21ClN2O/c1-16-3-2-4-19(15-16)22-11-13-23(14-12-22)20(24)10-7-17-5-8-18(21)9-6-17/h2-10,15H,11-14H2,1H3/b10-7+. The molecule has 0 bridgehead atoms. The van der Waals surface area contributed by atoms with Crippen molar-refractivity contribution >= 4 is 29.3 Å². The van der Waals surface area contributed by atoms with Crippen LogP contribution in [0.25, 0.3) is 6.08 Å². The smallest absolute Gasteiger partial charge is 0.246 e. The van der Waals surface area contributed by atoms with Crippen molar-refractivity contribution in [1.82, 2.24) is 4.90 Å². The van der Waals surface area contributed by atoms with E-state index in [9.17, 15) is 4.79 Å². The van der Waals surface area contributed by atoms with Crippen LogP contribution >= 0.6 is 11.6 Å². The maximum atomic E-state index is 12.3. The molecule has 0 aromatic heterocycles. The minimum Gasteiger partial charge on any atom is -0.368 e. The van der Waals surface area contributed by atoms with Crippen LogP contribution in [0.3, 0.4) is 0 Å². The summed E-state index contributed by atoms with van der Waals surface area (Å²) in [6, 6.07) is 16.0. The number of nitrogens with zero attached hydrogens (tertiary/aromatic N) is 2. The number of carbonyl (C=O) groups excluding carboxylic acids is 1. The number of anilines is 1. The van der Waals surface area contributed by atoms with E-state index in [-0.39, 0.29) is 5.91 Å². The Morgan fingerprint density at radius 2 is 1.75 bits per heavy atom. The number of amides is 1. The quantitative estimate of drug-likeness (QED) is 0.788. The van der Waals surface area contributed by atoms with Gasteiger partial charge >= 0.3 is 0 Å². The first-order chi connectivity index (χ1) is 11.6. The molecule has 0 aliphatic carbocycles. The Balaban J connectivity index is 1.56. The highest BCUT2D eigenvalue weighted by Gasteiger charge is 2.19. The lowest BCUT2D eigenvalue weighted by molar-refractivity contribution is -0.126. The third-order valence-corrected chi connectivity index (χ3v) is 4.50. The van der Waals surface area contributed by atoms with E-state index in [2.05, 4.69) is 36.1 Å². The molecule has 0 unspecified atom stereocenters. The van der Waals surface area contributed by atoms with Crippen LogP contribution in [0.1, 0.15) is 11.1 Å². The fraction of sp³-hybridized carbons (Fsp3) is 0.250. The van der Waals surface area contributed by atoms with Crippen molar-refractivity contribution in [2.45, 2.75) is 6.92 Å².